The van der Waals surface area contributed by atoms with Crippen molar-refractivity contribution in [2.24, 2.45) is 0 Å². The summed E-state index contributed by atoms with van der Waals surface area (Å²) in [4.78, 5) is 15.1. The molecule has 1 fully saturated rings. The second-order valence-electron chi connectivity index (χ2n) is 6.51. The van der Waals surface area contributed by atoms with Crippen molar-refractivity contribution < 1.29 is 17.9 Å². The number of nitrogens with zero attached hydrogens (tertiary/aromatic N) is 4. The minimum Gasteiger partial charge on any atom is -0.490 e. The lowest BCUT2D eigenvalue weighted by Crippen LogP contribution is -2.38. The average molecular weight is 429 g/mol. The quantitative estimate of drug-likeness (QED) is 0.542. The van der Waals surface area contributed by atoms with Crippen molar-refractivity contribution in [2.75, 3.05) is 18.0 Å². The number of hydrogen-bond donors (Lipinski definition) is 0. The highest BCUT2D eigenvalue weighted by Crippen LogP contribution is 2.38. The topological polar surface area (TPSA) is 51.1 Å². The van der Waals surface area contributed by atoms with Crippen LogP contribution in [-0.4, -0.2) is 34.1 Å². The Hall–Kier alpha value is -2.13. The lowest BCUT2D eigenvalue weighted by molar-refractivity contribution is -0.139. The van der Waals surface area contributed by atoms with Gasteiger partial charge in [0.2, 0.25) is 0 Å². The molecule has 0 spiro atoms. The molecular weight excluding hydrogens is 413 g/mol. The van der Waals surface area contributed by atoms with Crippen LogP contribution in [0.1, 0.15) is 24.2 Å². The minimum absolute atomic E-state index is 0.119. The van der Waals surface area contributed by atoms with E-state index < -0.39 is 11.7 Å². The van der Waals surface area contributed by atoms with E-state index in [2.05, 4.69) is 19.9 Å². The molecule has 148 valence electrons. The van der Waals surface area contributed by atoms with E-state index in [0.29, 0.717) is 42.6 Å². The number of rotatable bonds is 3. The molecule has 0 N–H and O–H groups in total. The fraction of sp³-hybridized carbons (Fsp3) is 0.389. The third-order valence-electron chi connectivity index (χ3n) is 4.51. The predicted octanol–water partition coefficient (Wildman–Crippen LogP) is 5.11. The van der Waals surface area contributed by atoms with Gasteiger partial charge >= 0.3 is 6.18 Å². The van der Waals surface area contributed by atoms with Crippen LogP contribution >= 0.6 is 22.9 Å². The van der Waals surface area contributed by atoms with Crippen LogP contribution in [0.25, 0.3) is 10.3 Å². The van der Waals surface area contributed by atoms with Gasteiger partial charge in [-0.3, -0.25) is 0 Å². The summed E-state index contributed by atoms with van der Waals surface area (Å²) in [5, 5.41) is 1.17. The Labute approximate surface area is 168 Å². The molecule has 1 aromatic carbocycles. The van der Waals surface area contributed by atoms with Gasteiger partial charge in [-0.15, -0.1) is 0 Å². The number of para-hydroxylation sites is 1. The van der Waals surface area contributed by atoms with E-state index in [1.807, 2.05) is 0 Å². The van der Waals surface area contributed by atoms with E-state index in [1.165, 1.54) is 23.5 Å². The van der Waals surface area contributed by atoms with Gasteiger partial charge in [0.05, 0.1) is 5.56 Å². The highest BCUT2D eigenvalue weighted by atomic mass is 35.5. The molecule has 10 heteroatoms. The van der Waals surface area contributed by atoms with Crippen LogP contribution in [0.4, 0.5) is 18.3 Å². The zero-order chi connectivity index (χ0) is 19.9. The standard InChI is InChI=1S/C18H16ClF3N4OS/c1-10-23-15(19)14-16(24-10)25-17(28-14)26-8-6-11(7-9-26)27-13-5-3-2-4-12(13)18(20,21)22/h2-5,11H,6-9H2,1H3. The normalized spacial score (nSPS) is 16.0. The number of benzene rings is 1. The summed E-state index contributed by atoms with van der Waals surface area (Å²) in [6.07, 6.45) is -3.52. The van der Waals surface area contributed by atoms with Crippen LogP contribution in [0, 0.1) is 6.92 Å². The van der Waals surface area contributed by atoms with Gasteiger partial charge in [-0.1, -0.05) is 35.1 Å². The van der Waals surface area contributed by atoms with Crippen LogP contribution in [0.3, 0.4) is 0 Å². The first kappa shape index (κ1) is 19.2. The third-order valence-corrected chi connectivity index (χ3v) is 6.01. The largest absolute Gasteiger partial charge is 0.490 e. The summed E-state index contributed by atoms with van der Waals surface area (Å²) in [7, 11) is 0. The average Bonchev–Trinajstić information content (AvgIpc) is 3.06. The Morgan fingerprint density at radius 1 is 1.14 bits per heavy atom. The van der Waals surface area contributed by atoms with Crippen LogP contribution in [0.15, 0.2) is 24.3 Å². The van der Waals surface area contributed by atoms with Gasteiger partial charge in [-0.05, 0) is 19.1 Å². The second kappa shape index (κ2) is 7.36. The van der Waals surface area contributed by atoms with Gasteiger partial charge in [0.1, 0.15) is 22.4 Å². The number of hydrogen-bond acceptors (Lipinski definition) is 6. The number of fused-ring (bicyclic) bond motifs is 1. The summed E-state index contributed by atoms with van der Waals surface area (Å²) in [5.41, 5.74) is -0.179. The Kier molecular flexibility index (Phi) is 5.05. The van der Waals surface area contributed by atoms with Crippen molar-refractivity contribution in [2.45, 2.75) is 32.0 Å². The summed E-state index contributed by atoms with van der Waals surface area (Å²) >= 11 is 7.59. The first-order valence-electron chi connectivity index (χ1n) is 8.70. The minimum atomic E-state index is -4.43. The Morgan fingerprint density at radius 3 is 2.57 bits per heavy atom. The molecule has 28 heavy (non-hydrogen) atoms. The third kappa shape index (κ3) is 3.86. The molecule has 0 aliphatic carbocycles. The smallest absolute Gasteiger partial charge is 0.419 e. The molecular formula is C18H16ClF3N4OS. The second-order valence-corrected chi connectivity index (χ2v) is 7.84. The highest BCUT2D eigenvalue weighted by molar-refractivity contribution is 7.22. The molecule has 0 unspecified atom stereocenters. The van der Waals surface area contributed by atoms with E-state index in [0.717, 1.165) is 15.9 Å². The Morgan fingerprint density at radius 2 is 1.86 bits per heavy atom. The van der Waals surface area contributed by atoms with Crippen molar-refractivity contribution in [3.8, 4) is 5.75 Å². The Bertz CT molecular complexity index is 1000. The summed E-state index contributed by atoms with van der Waals surface area (Å²) in [5.74, 6) is 0.441. The highest BCUT2D eigenvalue weighted by Gasteiger charge is 2.35. The maximum Gasteiger partial charge on any atom is 0.419 e. The molecule has 0 atom stereocenters. The predicted molar refractivity (Wildman–Crippen MR) is 102 cm³/mol. The van der Waals surface area contributed by atoms with E-state index in [-0.39, 0.29) is 11.9 Å². The molecule has 1 saturated heterocycles. The first-order valence-corrected chi connectivity index (χ1v) is 9.89. The maximum absolute atomic E-state index is 13.1. The summed E-state index contributed by atoms with van der Waals surface area (Å²) in [6, 6.07) is 5.32. The van der Waals surface area contributed by atoms with Crippen molar-refractivity contribution >= 4 is 38.4 Å². The number of halogens is 4. The molecule has 0 saturated carbocycles. The van der Waals surface area contributed by atoms with Crippen LogP contribution in [0.2, 0.25) is 5.15 Å². The number of ether oxygens (including phenoxy) is 1. The van der Waals surface area contributed by atoms with E-state index in [4.69, 9.17) is 16.3 Å². The molecule has 0 amide bonds. The molecule has 1 aliphatic rings. The van der Waals surface area contributed by atoms with Crippen LogP contribution in [0.5, 0.6) is 5.75 Å². The number of alkyl halides is 3. The van der Waals surface area contributed by atoms with Gasteiger partial charge in [0.25, 0.3) is 0 Å². The van der Waals surface area contributed by atoms with E-state index in [1.54, 1.807) is 13.0 Å². The van der Waals surface area contributed by atoms with Crippen LogP contribution in [-0.2, 0) is 6.18 Å². The lowest BCUT2D eigenvalue weighted by atomic mass is 10.1. The number of thiazole rings is 1. The van der Waals surface area contributed by atoms with Crippen molar-refractivity contribution in [1.82, 2.24) is 15.0 Å². The molecule has 0 radical (unpaired) electrons. The molecule has 5 nitrogen and oxygen atoms in total. The molecule has 0 bridgehead atoms. The molecule has 3 heterocycles. The fourth-order valence-corrected chi connectivity index (χ4v) is 4.43. The molecule has 2 aromatic heterocycles. The van der Waals surface area contributed by atoms with Crippen molar-refractivity contribution in [3.05, 3.63) is 40.8 Å². The lowest BCUT2D eigenvalue weighted by Gasteiger charge is -2.32. The molecule has 3 aromatic rings. The van der Waals surface area contributed by atoms with Gasteiger partial charge in [-0.2, -0.15) is 18.2 Å². The summed E-state index contributed by atoms with van der Waals surface area (Å²) in [6.45, 7) is 3.01. The molecule has 1 aliphatic heterocycles. The fourth-order valence-electron chi connectivity index (χ4n) is 3.17. The van der Waals surface area contributed by atoms with E-state index in [9.17, 15) is 13.2 Å². The number of aryl methyl sites for hydroxylation is 1. The van der Waals surface area contributed by atoms with Gasteiger partial charge < -0.3 is 9.64 Å². The zero-order valence-electron chi connectivity index (χ0n) is 14.8. The van der Waals surface area contributed by atoms with E-state index >= 15 is 0 Å². The van der Waals surface area contributed by atoms with Gasteiger partial charge in [0, 0.05) is 25.9 Å². The number of piperidine rings is 1. The maximum atomic E-state index is 13.1. The van der Waals surface area contributed by atoms with Gasteiger partial charge in [-0.25, -0.2) is 9.97 Å². The monoisotopic (exact) mass is 428 g/mol. The zero-order valence-corrected chi connectivity index (χ0v) is 16.4. The SMILES string of the molecule is Cc1nc(Cl)c2sc(N3CCC(Oc4ccccc4C(F)(F)F)CC3)nc2n1. The van der Waals surface area contributed by atoms with Crippen molar-refractivity contribution in [1.29, 1.82) is 0 Å². The summed E-state index contributed by atoms with van der Waals surface area (Å²) < 4.78 is 45.8. The van der Waals surface area contributed by atoms with Crippen LogP contribution < -0.4 is 9.64 Å². The molecule has 4 rings (SSSR count). The van der Waals surface area contributed by atoms with Crippen molar-refractivity contribution in [3.63, 3.8) is 0 Å². The number of aromatic nitrogens is 3. The van der Waals surface area contributed by atoms with Gasteiger partial charge in [0.15, 0.2) is 15.9 Å². The number of anilines is 1. The first-order chi connectivity index (χ1) is 13.3. The Balaban J connectivity index is 1.45.